The lowest BCUT2D eigenvalue weighted by molar-refractivity contribution is -0.141. The maximum atomic E-state index is 14.1. The Labute approximate surface area is 203 Å². The fourth-order valence-corrected chi connectivity index (χ4v) is 4.03. The highest BCUT2D eigenvalue weighted by atomic mass is 35.5. The third-order valence-electron chi connectivity index (χ3n) is 5.19. The number of nitrogens with zero attached hydrogens (tertiary/aromatic N) is 2. The van der Waals surface area contributed by atoms with Gasteiger partial charge in [0.15, 0.2) is 5.69 Å². The second-order valence-electron chi connectivity index (χ2n) is 7.44. The first-order chi connectivity index (χ1) is 16.2. The summed E-state index contributed by atoms with van der Waals surface area (Å²) in [5.74, 6) is 0.405. The first kappa shape index (κ1) is 24.3. The van der Waals surface area contributed by atoms with Crippen LogP contribution < -0.4 is 4.74 Å². The van der Waals surface area contributed by atoms with Crippen molar-refractivity contribution in [2.24, 2.45) is 0 Å². The van der Waals surface area contributed by atoms with Gasteiger partial charge in [0.25, 0.3) is 0 Å². The Hall–Kier alpha value is -2.81. The van der Waals surface area contributed by atoms with Crippen LogP contribution in [0.1, 0.15) is 17.0 Å². The Morgan fingerprint density at radius 3 is 2.32 bits per heavy atom. The molecule has 0 N–H and O–H groups in total. The Bertz CT molecular complexity index is 1220. The molecule has 3 aromatic rings. The fraction of sp³-hybridized carbons (Fsp3) is 0.208. The number of alkyl halides is 4. The van der Waals surface area contributed by atoms with E-state index in [4.69, 9.17) is 32.7 Å². The molecular formula is C24H18Cl2F4N2O2. The van der Waals surface area contributed by atoms with E-state index in [1.54, 1.807) is 42.5 Å². The standard InChI is InChI=1S/C24H18Cl2F4N2O2/c1-33-21-10-7-15(11-20(21)27)14-5-8-17(9-6-14)34-13-16-12-22(24(28,29)30)31-32(16)23-18(25)3-2-4-19(23)26/h2-12,20-21H,13H2,1H3. The third kappa shape index (κ3) is 5.14. The van der Waals surface area contributed by atoms with Gasteiger partial charge in [0.1, 0.15) is 30.3 Å². The highest BCUT2D eigenvalue weighted by molar-refractivity contribution is 6.37. The number of halogens is 6. The van der Waals surface area contributed by atoms with Gasteiger partial charge in [0, 0.05) is 7.11 Å². The molecule has 0 spiro atoms. The van der Waals surface area contributed by atoms with E-state index in [-0.39, 0.29) is 28.0 Å². The van der Waals surface area contributed by atoms with Crippen LogP contribution in [-0.4, -0.2) is 29.2 Å². The lowest BCUT2D eigenvalue weighted by Gasteiger charge is -2.19. The molecule has 34 heavy (non-hydrogen) atoms. The molecule has 1 aliphatic carbocycles. The van der Waals surface area contributed by atoms with Gasteiger partial charge in [-0.25, -0.2) is 9.07 Å². The summed E-state index contributed by atoms with van der Waals surface area (Å²) in [6, 6.07) is 12.2. The van der Waals surface area contributed by atoms with Crippen LogP contribution in [-0.2, 0) is 17.5 Å². The van der Waals surface area contributed by atoms with Crippen molar-refractivity contribution in [3.05, 3.63) is 93.8 Å². The average Bonchev–Trinajstić information content (AvgIpc) is 3.22. The summed E-state index contributed by atoms with van der Waals surface area (Å²) in [6.45, 7) is -0.228. The summed E-state index contributed by atoms with van der Waals surface area (Å²) in [6.07, 6.45) is -1.67. The summed E-state index contributed by atoms with van der Waals surface area (Å²) in [5.41, 5.74) is 0.585. The van der Waals surface area contributed by atoms with Crippen LogP contribution >= 0.6 is 23.2 Å². The van der Waals surface area contributed by atoms with Gasteiger partial charge in [0.2, 0.25) is 0 Å². The monoisotopic (exact) mass is 512 g/mol. The van der Waals surface area contributed by atoms with Gasteiger partial charge in [0.05, 0.1) is 15.7 Å². The van der Waals surface area contributed by atoms with Crippen molar-refractivity contribution in [3.8, 4) is 11.4 Å². The quantitative estimate of drug-likeness (QED) is 0.331. The predicted octanol–water partition coefficient (Wildman–Crippen LogP) is 7.08. The first-order valence-corrected chi connectivity index (χ1v) is 10.8. The van der Waals surface area contributed by atoms with Crippen molar-refractivity contribution in [3.63, 3.8) is 0 Å². The van der Waals surface area contributed by atoms with E-state index in [1.165, 1.54) is 25.3 Å². The van der Waals surface area contributed by atoms with Gasteiger partial charge in [-0.1, -0.05) is 53.6 Å². The number of methoxy groups -OCH3 is 1. The van der Waals surface area contributed by atoms with E-state index in [0.29, 0.717) is 11.3 Å². The van der Waals surface area contributed by atoms with Gasteiger partial charge >= 0.3 is 6.18 Å². The Morgan fingerprint density at radius 2 is 1.74 bits per heavy atom. The van der Waals surface area contributed by atoms with E-state index in [2.05, 4.69) is 5.10 Å². The average molecular weight is 513 g/mol. The molecule has 1 heterocycles. The molecule has 0 saturated heterocycles. The summed E-state index contributed by atoms with van der Waals surface area (Å²) < 4.78 is 65.9. The second kappa shape index (κ2) is 9.82. The molecule has 0 bridgehead atoms. The molecule has 1 aliphatic rings. The molecule has 0 amide bonds. The number of ether oxygens (including phenoxy) is 2. The van der Waals surface area contributed by atoms with Crippen molar-refractivity contribution in [1.82, 2.24) is 9.78 Å². The van der Waals surface area contributed by atoms with Crippen molar-refractivity contribution in [2.45, 2.75) is 25.1 Å². The number of hydrogen-bond donors (Lipinski definition) is 0. The van der Waals surface area contributed by atoms with Crippen molar-refractivity contribution in [2.75, 3.05) is 7.11 Å². The van der Waals surface area contributed by atoms with E-state index in [1.807, 2.05) is 0 Å². The minimum absolute atomic E-state index is 0.107. The second-order valence-corrected chi connectivity index (χ2v) is 8.25. The molecule has 2 aromatic carbocycles. The lowest BCUT2D eigenvalue weighted by Crippen LogP contribution is -2.22. The van der Waals surface area contributed by atoms with Crippen LogP contribution in [0.25, 0.3) is 11.3 Å². The molecular weight excluding hydrogens is 495 g/mol. The van der Waals surface area contributed by atoms with Gasteiger partial charge in [-0.3, -0.25) is 0 Å². The van der Waals surface area contributed by atoms with Crippen LogP contribution in [0.15, 0.2) is 66.8 Å². The molecule has 2 atom stereocenters. The smallest absolute Gasteiger partial charge is 0.435 e. The van der Waals surface area contributed by atoms with Gasteiger partial charge in [-0.2, -0.15) is 18.3 Å². The van der Waals surface area contributed by atoms with Crippen LogP contribution in [0.4, 0.5) is 17.6 Å². The van der Waals surface area contributed by atoms with Crippen LogP contribution in [0.5, 0.6) is 5.75 Å². The van der Waals surface area contributed by atoms with E-state index in [9.17, 15) is 17.6 Å². The number of aromatic nitrogens is 2. The van der Waals surface area contributed by atoms with Crippen molar-refractivity contribution < 1.29 is 27.0 Å². The number of benzene rings is 2. The normalized spacial score (nSPS) is 18.1. The Balaban J connectivity index is 1.56. The van der Waals surface area contributed by atoms with Gasteiger partial charge < -0.3 is 9.47 Å². The summed E-state index contributed by atoms with van der Waals surface area (Å²) >= 11 is 12.4. The molecule has 4 rings (SSSR count). The summed E-state index contributed by atoms with van der Waals surface area (Å²) in [7, 11) is 1.44. The predicted molar refractivity (Wildman–Crippen MR) is 122 cm³/mol. The number of rotatable bonds is 6. The van der Waals surface area contributed by atoms with Crippen molar-refractivity contribution >= 4 is 28.8 Å². The van der Waals surface area contributed by atoms with Crippen molar-refractivity contribution in [1.29, 1.82) is 0 Å². The zero-order valence-corrected chi connectivity index (χ0v) is 19.2. The van der Waals surface area contributed by atoms with Gasteiger partial charge in [-0.15, -0.1) is 0 Å². The topological polar surface area (TPSA) is 36.3 Å². The zero-order valence-electron chi connectivity index (χ0n) is 17.7. The molecule has 0 fully saturated rings. The highest BCUT2D eigenvalue weighted by Crippen LogP contribution is 2.34. The number of hydrogen-bond acceptors (Lipinski definition) is 3. The molecule has 0 saturated carbocycles. The van der Waals surface area contributed by atoms with E-state index >= 15 is 0 Å². The summed E-state index contributed by atoms with van der Waals surface area (Å²) in [5, 5.41) is 3.95. The molecule has 10 heteroatoms. The highest BCUT2D eigenvalue weighted by Gasteiger charge is 2.35. The largest absolute Gasteiger partial charge is 0.487 e. The van der Waals surface area contributed by atoms with E-state index < -0.39 is 24.1 Å². The molecule has 178 valence electrons. The summed E-state index contributed by atoms with van der Waals surface area (Å²) in [4.78, 5) is 0. The fourth-order valence-electron chi connectivity index (χ4n) is 3.47. The van der Waals surface area contributed by atoms with Crippen LogP contribution in [0.2, 0.25) is 10.0 Å². The molecule has 4 nitrogen and oxygen atoms in total. The maximum Gasteiger partial charge on any atom is 0.435 e. The number of para-hydroxylation sites is 1. The Morgan fingerprint density at radius 1 is 1.06 bits per heavy atom. The van der Waals surface area contributed by atoms with Crippen LogP contribution in [0, 0.1) is 0 Å². The molecule has 1 aromatic heterocycles. The molecule has 2 unspecified atom stereocenters. The molecule has 0 radical (unpaired) electrons. The lowest BCUT2D eigenvalue weighted by atomic mass is 9.97. The minimum atomic E-state index is -4.66. The Kier molecular flexibility index (Phi) is 7.02. The molecule has 0 aliphatic heterocycles. The van der Waals surface area contributed by atoms with E-state index in [0.717, 1.165) is 16.3 Å². The maximum absolute atomic E-state index is 14.1. The van der Waals surface area contributed by atoms with Crippen LogP contribution in [0.3, 0.4) is 0 Å². The zero-order chi connectivity index (χ0) is 24.5. The first-order valence-electron chi connectivity index (χ1n) is 10.1. The SMILES string of the molecule is COC1C=CC(c2ccc(OCc3cc(C(F)(F)F)nn3-c3c(Cl)cccc3Cl)cc2)=CC1F. The van der Waals surface area contributed by atoms with Gasteiger partial charge in [-0.05, 0) is 47.5 Å². The minimum Gasteiger partial charge on any atom is -0.487 e. The number of allylic oxidation sites excluding steroid dienone is 2. The third-order valence-corrected chi connectivity index (χ3v) is 5.80.